The molecule has 0 spiro atoms. The topological polar surface area (TPSA) is 62.0 Å². The monoisotopic (exact) mass is 232 g/mol. The van der Waals surface area contributed by atoms with Gasteiger partial charge in [0.2, 0.25) is 5.95 Å². The van der Waals surface area contributed by atoms with Crippen molar-refractivity contribution in [3.05, 3.63) is 17.5 Å². The Kier molecular flexibility index (Phi) is 3.55. The van der Waals surface area contributed by atoms with Gasteiger partial charge >= 0.3 is 0 Å². The van der Waals surface area contributed by atoms with Crippen LogP contribution in [0.25, 0.3) is 0 Å². The molecule has 0 saturated carbocycles. The summed E-state index contributed by atoms with van der Waals surface area (Å²) in [6.07, 6.45) is 1.96. The summed E-state index contributed by atoms with van der Waals surface area (Å²) in [5.41, 5.74) is 1.25. The Balaban J connectivity index is 2.20. The number of hydrogen-bond acceptors (Lipinski definition) is 5. The number of rotatable bonds is 2. The Morgan fingerprint density at radius 3 is 2.76 bits per heavy atom. The van der Waals surface area contributed by atoms with Crippen LogP contribution in [-0.2, 0) is 4.74 Å². The summed E-state index contributed by atoms with van der Waals surface area (Å²) in [5, 5.41) is 8.90. The van der Waals surface area contributed by atoms with E-state index in [1.807, 2.05) is 14.0 Å². The summed E-state index contributed by atoms with van der Waals surface area (Å²) >= 11 is 0. The van der Waals surface area contributed by atoms with Gasteiger partial charge in [-0.25, -0.2) is 9.97 Å². The van der Waals surface area contributed by atoms with Crippen molar-refractivity contribution in [2.75, 3.05) is 25.2 Å². The molecule has 2 heterocycles. The Morgan fingerprint density at radius 2 is 2.12 bits per heavy atom. The minimum absolute atomic E-state index is 0.400. The minimum atomic E-state index is 0.400. The summed E-state index contributed by atoms with van der Waals surface area (Å²) in [6, 6.07) is 4.16. The molecule has 0 atom stereocenters. The second-order valence-corrected chi connectivity index (χ2v) is 4.26. The van der Waals surface area contributed by atoms with E-state index in [2.05, 4.69) is 20.9 Å². The highest BCUT2D eigenvalue weighted by Crippen LogP contribution is 2.18. The fourth-order valence-electron chi connectivity index (χ4n) is 2.00. The van der Waals surface area contributed by atoms with Crippen LogP contribution in [0.3, 0.4) is 0 Å². The maximum absolute atomic E-state index is 8.90. The molecule has 0 radical (unpaired) electrons. The molecular formula is C12H16N4O. The Labute approximate surface area is 101 Å². The van der Waals surface area contributed by atoms with Crippen LogP contribution >= 0.6 is 0 Å². The molecule has 5 nitrogen and oxygen atoms in total. The van der Waals surface area contributed by atoms with Crippen LogP contribution in [0.1, 0.15) is 24.2 Å². The van der Waals surface area contributed by atoms with Gasteiger partial charge in [0.1, 0.15) is 11.8 Å². The minimum Gasteiger partial charge on any atom is -0.381 e. The van der Waals surface area contributed by atoms with Gasteiger partial charge in [-0.05, 0) is 25.8 Å². The van der Waals surface area contributed by atoms with Gasteiger partial charge in [0.05, 0.1) is 0 Å². The molecule has 0 aliphatic carbocycles. The molecule has 0 aromatic carbocycles. The van der Waals surface area contributed by atoms with E-state index < -0.39 is 0 Å². The highest BCUT2D eigenvalue weighted by Gasteiger charge is 2.20. The zero-order valence-electron chi connectivity index (χ0n) is 10.2. The van der Waals surface area contributed by atoms with E-state index >= 15 is 0 Å². The van der Waals surface area contributed by atoms with Crippen molar-refractivity contribution in [1.29, 1.82) is 5.26 Å². The van der Waals surface area contributed by atoms with Crippen molar-refractivity contribution in [1.82, 2.24) is 9.97 Å². The molecule has 1 aromatic rings. The van der Waals surface area contributed by atoms with Gasteiger partial charge in [0.15, 0.2) is 0 Å². The first-order valence-corrected chi connectivity index (χ1v) is 5.77. The van der Waals surface area contributed by atoms with Crippen molar-refractivity contribution in [2.24, 2.45) is 0 Å². The van der Waals surface area contributed by atoms with Crippen molar-refractivity contribution in [3.8, 4) is 6.07 Å². The molecule has 0 unspecified atom stereocenters. The van der Waals surface area contributed by atoms with E-state index in [4.69, 9.17) is 10.00 Å². The average molecular weight is 232 g/mol. The Bertz CT molecular complexity index is 435. The van der Waals surface area contributed by atoms with Gasteiger partial charge < -0.3 is 9.64 Å². The lowest BCUT2D eigenvalue weighted by Gasteiger charge is -2.31. The molecular weight excluding hydrogens is 216 g/mol. The third-order valence-electron chi connectivity index (χ3n) is 3.01. The van der Waals surface area contributed by atoms with E-state index in [1.54, 1.807) is 6.07 Å². The molecule has 1 saturated heterocycles. The van der Waals surface area contributed by atoms with E-state index in [-0.39, 0.29) is 0 Å². The molecule has 2 rings (SSSR count). The van der Waals surface area contributed by atoms with E-state index in [9.17, 15) is 0 Å². The van der Waals surface area contributed by atoms with Gasteiger partial charge in [-0.1, -0.05) is 0 Å². The zero-order valence-corrected chi connectivity index (χ0v) is 10.2. The lowest BCUT2D eigenvalue weighted by atomic mass is 10.1. The molecule has 1 aliphatic heterocycles. The van der Waals surface area contributed by atoms with Gasteiger partial charge in [-0.3, -0.25) is 0 Å². The second kappa shape index (κ2) is 5.11. The highest BCUT2D eigenvalue weighted by atomic mass is 16.5. The number of nitriles is 1. The first-order chi connectivity index (χ1) is 8.20. The van der Waals surface area contributed by atoms with Crippen LogP contribution in [0.4, 0.5) is 5.95 Å². The fourth-order valence-corrected chi connectivity index (χ4v) is 2.00. The van der Waals surface area contributed by atoms with Crippen LogP contribution in [0.15, 0.2) is 6.07 Å². The maximum Gasteiger partial charge on any atom is 0.226 e. The summed E-state index contributed by atoms with van der Waals surface area (Å²) in [5.74, 6) is 0.633. The second-order valence-electron chi connectivity index (χ2n) is 4.26. The molecule has 0 N–H and O–H groups in total. The lowest BCUT2D eigenvalue weighted by Crippen LogP contribution is -2.37. The third kappa shape index (κ3) is 2.71. The molecule has 5 heteroatoms. The number of anilines is 1. The summed E-state index contributed by atoms with van der Waals surface area (Å²) in [6.45, 7) is 3.45. The largest absolute Gasteiger partial charge is 0.381 e. The molecule has 1 aromatic heterocycles. The molecule has 1 aliphatic rings. The van der Waals surface area contributed by atoms with Crippen LogP contribution in [0.2, 0.25) is 0 Å². The van der Waals surface area contributed by atoms with Crippen LogP contribution in [-0.4, -0.2) is 36.3 Å². The highest BCUT2D eigenvalue weighted by molar-refractivity contribution is 5.36. The predicted molar refractivity (Wildman–Crippen MR) is 63.7 cm³/mol. The maximum atomic E-state index is 8.90. The summed E-state index contributed by atoms with van der Waals surface area (Å²) in [4.78, 5) is 10.7. The van der Waals surface area contributed by atoms with E-state index in [1.165, 1.54) is 0 Å². The molecule has 90 valence electrons. The molecule has 1 fully saturated rings. The van der Waals surface area contributed by atoms with Crippen molar-refractivity contribution in [2.45, 2.75) is 25.8 Å². The first-order valence-electron chi connectivity index (χ1n) is 5.77. The van der Waals surface area contributed by atoms with Gasteiger partial charge in [0, 0.05) is 32.0 Å². The zero-order chi connectivity index (χ0) is 12.3. The average Bonchev–Trinajstić information content (AvgIpc) is 2.38. The van der Waals surface area contributed by atoms with Crippen LogP contribution < -0.4 is 4.90 Å². The number of nitrogens with zero attached hydrogens (tertiary/aromatic N) is 4. The normalized spacial score (nSPS) is 16.5. The van der Waals surface area contributed by atoms with Crippen LogP contribution in [0.5, 0.6) is 0 Å². The molecule has 0 bridgehead atoms. The summed E-state index contributed by atoms with van der Waals surface area (Å²) in [7, 11) is 1.98. The van der Waals surface area contributed by atoms with Crippen LogP contribution in [0, 0.1) is 18.3 Å². The van der Waals surface area contributed by atoms with Gasteiger partial charge in [-0.2, -0.15) is 5.26 Å². The number of aryl methyl sites for hydroxylation is 1. The van der Waals surface area contributed by atoms with E-state index in [0.717, 1.165) is 31.7 Å². The number of hydrogen-bond donors (Lipinski definition) is 0. The van der Waals surface area contributed by atoms with Crippen molar-refractivity contribution < 1.29 is 4.74 Å². The fraction of sp³-hybridized carbons (Fsp3) is 0.583. The summed E-state index contributed by atoms with van der Waals surface area (Å²) < 4.78 is 5.33. The first kappa shape index (κ1) is 11.8. The predicted octanol–water partition coefficient (Wildman–Crippen LogP) is 1.27. The quantitative estimate of drug-likeness (QED) is 0.768. The Morgan fingerprint density at radius 1 is 1.41 bits per heavy atom. The third-order valence-corrected chi connectivity index (χ3v) is 3.01. The standard InChI is InChI=1S/C12H16N4O/c1-9-7-10(8-13)15-12(14-9)16(2)11-3-5-17-6-4-11/h7,11H,3-6H2,1-2H3. The van der Waals surface area contributed by atoms with Crippen molar-refractivity contribution >= 4 is 5.95 Å². The number of ether oxygens (including phenoxy) is 1. The van der Waals surface area contributed by atoms with Gasteiger partial charge in [-0.15, -0.1) is 0 Å². The van der Waals surface area contributed by atoms with E-state index in [0.29, 0.717) is 17.7 Å². The molecule has 0 amide bonds. The SMILES string of the molecule is Cc1cc(C#N)nc(N(C)C2CCOCC2)n1. The smallest absolute Gasteiger partial charge is 0.226 e. The Hall–Kier alpha value is -1.67. The lowest BCUT2D eigenvalue weighted by molar-refractivity contribution is 0.0852. The van der Waals surface area contributed by atoms with Gasteiger partial charge in [0.25, 0.3) is 0 Å². The molecule has 17 heavy (non-hydrogen) atoms. The van der Waals surface area contributed by atoms with Crippen molar-refractivity contribution in [3.63, 3.8) is 0 Å². The number of aromatic nitrogens is 2.